The van der Waals surface area contributed by atoms with Crippen molar-refractivity contribution in [2.24, 2.45) is 5.16 Å². The van der Waals surface area contributed by atoms with Crippen molar-refractivity contribution in [1.82, 2.24) is 0 Å². The molecule has 1 fully saturated rings. The first-order chi connectivity index (χ1) is 10.5. The van der Waals surface area contributed by atoms with Gasteiger partial charge >= 0.3 is 10.4 Å². The molecule has 136 valence electrons. The van der Waals surface area contributed by atoms with Crippen molar-refractivity contribution in [2.75, 3.05) is 18.6 Å². The van der Waals surface area contributed by atoms with Crippen LogP contribution in [0.4, 0.5) is 0 Å². The maximum absolute atomic E-state index is 11.3. The molecule has 0 aromatic rings. The molecule has 6 atom stereocenters. The van der Waals surface area contributed by atoms with E-state index < -0.39 is 57.7 Å². The summed E-state index contributed by atoms with van der Waals surface area (Å²) in [6, 6.07) is 0. The molecule has 0 amide bonds. The van der Waals surface area contributed by atoms with Crippen LogP contribution in [0.15, 0.2) is 5.16 Å². The number of aliphatic hydroxyl groups excluding tert-OH is 4. The predicted octanol–water partition coefficient (Wildman–Crippen LogP) is -2.97. The molecule has 0 bridgehead atoms. The molecule has 1 heterocycles. The number of thioether (sulfide) groups is 1. The fourth-order valence-corrected chi connectivity index (χ4v) is 3.89. The molecule has 0 aromatic heterocycles. The van der Waals surface area contributed by atoms with Crippen LogP contribution in [0.5, 0.6) is 0 Å². The van der Waals surface area contributed by atoms with Crippen LogP contribution >= 0.6 is 11.8 Å². The third-order valence-corrected chi connectivity index (χ3v) is 4.90. The second-order valence-corrected chi connectivity index (χ2v) is 8.13. The van der Waals surface area contributed by atoms with Gasteiger partial charge in [-0.25, -0.2) is 4.28 Å². The van der Waals surface area contributed by atoms with Gasteiger partial charge in [-0.15, -0.1) is 0 Å². The molecule has 0 aliphatic carbocycles. The van der Waals surface area contributed by atoms with Crippen LogP contribution in [0.3, 0.4) is 0 Å². The largest absolute Gasteiger partial charge is 0.466 e. The van der Waals surface area contributed by atoms with Gasteiger partial charge in [-0.2, -0.15) is 8.42 Å². The van der Waals surface area contributed by atoms with E-state index >= 15 is 0 Å². The van der Waals surface area contributed by atoms with Crippen molar-refractivity contribution in [2.45, 2.75) is 29.9 Å². The first kappa shape index (κ1) is 20.7. The first-order valence-corrected chi connectivity index (χ1v) is 10.0. The number of hydrogen-bond donors (Lipinski definition) is 5. The number of rotatable bonds is 6. The first-order valence-electron chi connectivity index (χ1n) is 6.05. The van der Waals surface area contributed by atoms with E-state index in [4.69, 9.17) is 14.4 Å². The van der Waals surface area contributed by atoms with E-state index in [1.165, 1.54) is 6.26 Å². The third kappa shape index (κ3) is 6.60. The van der Waals surface area contributed by atoms with Crippen LogP contribution in [-0.2, 0) is 30.2 Å². The standard InChI is InChI=1S/C9H17NO10S3/c1-22(15)3-5(10-20-23(16,17)18)21-9-8(14)7(13)6(12)4(2-11)19-9/h4,6-9,11-14H,2-3H2,1H3,(H,16,17,18)/b10-5+/t4-,6-,7+,8-,9+,22?/m1/s1. The summed E-state index contributed by atoms with van der Waals surface area (Å²) in [5.74, 6) is -0.283. The molecule has 0 spiro atoms. The normalized spacial score (nSPS) is 34.2. The SMILES string of the molecule is CS(=O)C/C(=N\OS(=O)(=O)O)S[C@@H]1O[C@H](CO)[C@@H](O)[C@H](O)[C@H]1O. The number of hydrogen-bond acceptors (Lipinski definition) is 11. The highest BCUT2D eigenvalue weighted by Crippen LogP contribution is 2.29. The monoisotopic (exact) mass is 395 g/mol. The number of ether oxygens (including phenoxy) is 1. The molecular formula is C9H17NO10S3. The zero-order valence-corrected chi connectivity index (χ0v) is 14.2. The van der Waals surface area contributed by atoms with Gasteiger partial charge in [0.2, 0.25) is 0 Å². The summed E-state index contributed by atoms with van der Waals surface area (Å²) in [7, 11) is -6.35. The molecule has 23 heavy (non-hydrogen) atoms. The van der Waals surface area contributed by atoms with Crippen molar-refractivity contribution >= 4 is 38.0 Å². The van der Waals surface area contributed by atoms with Gasteiger partial charge in [0.05, 0.1) is 12.4 Å². The Hall–Kier alpha value is -0.320. The highest BCUT2D eigenvalue weighted by Gasteiger charge is 2.44. The van der Waals surface area contributed by atoms with Crippen LogP contribution in [0.2, 0.25) is 0 Å². The van der Waals surface area contributed by atoms with E-state index in [1.807, 2.05) is 0 Å². The number of oxime groups is 1. The highest BCUT2D eigenvalue weighted by atomic mass is 32.3. The van der Waals surface area contributed by atoms with Gasteiger partial charge in [0.15, 0.2) is 0 Å². The summed E-state index contributed by atoms with van der Waals surface area (Å²) in [6.45, 7) is -0.643. The zero-order chi connectivity index (χ0) is 17.8. The maximum atomic E-state index is 11.3. The van der Waals surface area contributed by atoms with Gasteiger partial charge in [-0.3, -0.25) is 8.76 Å². The van der Waals surface area contributed by atoms with Crippen molar-refractivity contribution in [3.63, 3.8) is 0 Å². The Labute approximate surface area is 138 Å². The van der Waals surface area contributed by atoms with E-state index in [0.717, 1.165) is 0 Å². The average molecular weight is 395 g/mol. The topological polar surface area (TPSA) is 183 Å². The van der Waals surface area contributed by atoms with Gasteiger partial charge in [0, 0.05) is 17.1 Å². The van der Waals surface area contributed by atoms with Gasteiger partial charge in [0.1, 0.15) is 34.9 Å². The lowest BCUT2D eigenvalue weighted by atomic mass is 10.0. The van der Waals surface area contributed by atoms with Crippen LogP contribution in [0.25, 0.3) is 0 Å². The Morgan fingerprint density at radius 3 is 2.39 bits per heavy atom. The molecule has 1 saturated heterocycles. The molecule has 1 aliphatic rings. The zero-order valence-electron chi connectivity index (χ0n) is 11.8. The minimum atomic E-state index is -4.88. The van der Waals surface area contributed by atoms with Crippen molar-refractivity contribution in [3.8, 4) is 0 Å². The summed E-state index contributed by atoms with van der Waals surface area (Å²) in [5, 5.41) is 41.1. The highest BCUT2D eigenvalue weighted by molar-refractivity contribution is 8.15. The van der Waals surface area contributed by atoms with Crippen LogP contribution in [-0.4, -0.2) is 91.1 Å². The Balaban J connectivity index is 2.90. The van der Waals surface area contributed by atoms with Gasteiger partial charge in [-0.1, -0.05) is 16.9 Å². The van der Waals surface area contributed by atoms with Crippen molar-refractivity contribution < 1.29 is 46.6 Å². The van der Waals surface area contributed by atoms with E-state index in [1.54, 1.807) is 0 Å². The second kappa shape index (κ2) is 8.68. The molecule has 1 aliphatic heterocycles. The molecule has 0 aromatic carbocycles. The van der Waals surface area contributed by atoms with Crippen LogP contribution < -0.4 is 0 Å². The summed E-state index contributed by atoms with van der Waals surface area (Å²) in [4.78, 5) is 0. The number of aliphatic hydroxyl groups is 4. The van der Waals surface area contributed by atoms with Crippen molar-refractivity contribution in [3.05, 3.63) is 0 Å². The lowest BCUT2D eigenvalue weighted by molar-refractivity contribution is -0.205. The van der Waals surface area contributed by atoms with Gasteiger partial charge < -0.3 is 25.2 Å². The lowest BCUT2D eigenvalue weighted by Gasteiger charge is -2.39. The van der Waals surface area contributed by atoms with E-state index in [0.29, 0.717) is 11.8 Å². The Bertz CT molecular complexity index is 550. The van der Waals surface area contributed by atoms with E-state index in [2.05, 4.69) is 9.44 Å². The Morgan fingerprint density at radius 2 is 1.91 bits per heavy atom. The lowest BCUT2D eigenvalue weighted by Crippen LogP contribution is -2.57. The number of nitrogens with zero attached hydrogens (tertiary/aromatic N) is 1. The van der Waals surface area contributed by atoms with Crippen LogP contribution in [0, 0.1) is 0 Å². The minimum absolute atomic E-state index is 0.215. The van der Waals surface area contributed by atoms with E-state index in [-0.39, 0.29) is 10.8 Å². The summed E-state index contributed by atoms with van der Waals surface area (Å²) >= 11 is 0.570. The predicted molar refractivity (Wildman–Crippen MR) is 80.4 cm³/mol. The molecular weight excluding hydrogens is 378 g/mol. The molecule has 1 rings (SSSR count). The molecule has 5 N–H and O–H groups in total. The molecule has 0 radical (unpaired) electrons. The maximum Gasteiger partial charge on any atom is 0.466 e. The molecule has 1 unspecified atom stereocenters. The third-order valence-electron chi connectivity index (χ3n) is 2.66. The summed E-state index contributed by atoms with van der Waals surface area (Å²) < 4.78 is 49.8. The van der Waals surface area contributed by atoms with Crippen LogP contribution in [0.1, 0.15) is 0 Å². The van der Waals surface area contributed by atoms with E-state index in [9.17, 15) is 27.9 Å². The van der Waals surface area contributed by atoms with Gasteiger partial charge in [0.25, 0.3) is 0 Å². The molecule has 11 nitrogen and oxygen atoms in total. The fraction of sp³-hybridized carbons (Fsp3) is 0.889. The molecule has 0 saturated carbocycles. The minimum Gasteiger partial charge on any atom is -0.394 e. The van der Waals surface area contributed by atoms with Crippen molar-refractivity contribution in [1.29, 1.82) is 0 Å². The fourth-order valence-electron chi connectivity index (χ4n) is 1.64. The van der Waals surface area contributed by atoms with Gasteiger partial charge in [-0.05, 0) is 0 Å². The Morgan fingerprint density at radius 1 is 1.30 bits per heavy atom. The average Bonchev–Trinajstić information content (AvgIpc) is 2.44. The quantitative estimate of drug-likeness (QED) is 0.134. The summed E-state index contributed by atoms with van der Waals surface area (Å²) in [5.41, 5.74) is -1.25. The second-order valence-electron chi connectivity index (χ2n) is 4.52. The molecule has 14 heteroatoms. The Kier molecular flexibility index (Phi) is 7.82. The summed E-state index contributed by atoms with van der Waals surface area (Å²) in [6.07, 6.45) is -4.66. The smallest absolute Gasteiger partial charge is 0.394 e.